The number of halogens is 1. The lowest BCUT2D eigenvalue weighted by Gasteiger charge is -2.45. The average Bonchev–Trinajstić information content (AvgIpc) is 2.42. The molecule has 2 nitrogen and oxygen atoms in total. The highest BCUT2D eigenvalue weighted by Crippen LogP contribution is 2.44. The fraction of sp³-hybridized carbons (Fsp3) is 0.667. The molecule has 0 amide bonds. The fourth-order valence-electron chi connectivity index (χ4n) is 3.31. The third-order valence-electron chi connectivity index (χ3n) is 5.18. The van der Waals surface area contributed by atoms with Crippen molar-refractivity contribution in [3.05, 3.63) is 35.1 Å². The standard InChI is InChI=1S/C18H27FO2/c1-13-11-15(19)6-5-14(13)12-16(20)18(21-4)9-7-17(2,3)8-10-18/h5-6,11,16,20H,7-10,12H2,1-4H3. The zero-order valence-electron chi connectivity index (χ0n) is 13.6. The van der Waals surface area contributed by atoms with E-state index in [1.165, 1.54) is 12.1 Å². The number of benzene rings is 1. The molecule has 3 heteroatoms. The van der Waals surface area contributed by atoms with Crippen LogP contribution in [-0.2, 0) is 11.2 Å². The third kappa shape index (κ3) is 3.64. The van der Waals surface area contributed by atoms with Gasteiger partial charge in [0.1, 0.15) is 5.82 Å². The Labute approximate surface area is 127 Å². The molecule has 0 bridgehead atoms. The van der Waals surface area contributed by atoms with E-state index < -0.39 is 11.7 Å². The van der Waals surface area contributed by atoms with Gasteiger partial charge in [-0.25, -0.2) is 4.39 Å². The Morgan fingerprint density at radius 1 is 1.24 bits per heavy atom. The van der Waals surface area contributed by atoms with Gasteiger partial charge in [0.25, 0.3) is 0 Å². The molecule has 1 N–H and O–H groups in total. The first-order valence-electron chi connectivity index (χ1n) is 7.76. The molecule has 21 heavy (non-hydrogen) atoms. The van der Waals surface area contributed by atoms with Crippen LogP contribution in [-0.4, -0.2) is 23.9 Å². The van der Waals surface area contributed by atoms with Crippen LogP contribution in [0.1, 0.15) is 50.7 Å². The van der Waals surface area contributed by atoms with Gasteiger partial charge in [-0.3, -0.25) is 0 Å². The van der Waals surface area contributed by atoms with Gasteiger partial charge < -0.3 is 9.84 Å². The summed E-state index contributed by atoms with van der Waals surface area (Å²) < 4.78 is 18.9. The normalized spacial score (nSPS) is 22.0. The van der Waals surface area contributed by atoms with Gasteiger partial charge in [0, 0.05) is 13.5 Å². The molecule has 1 aliphatic carbocycles. The molecule has 1 unspecified atom stereocenters. The summed E-state index contributed by atoms with van der Waals surface area (Å²) in [6.07, 6.45) is 3.82. The van der Waals surface area contributed by atoms with Crippen molar-refractivity contribution in [2.24, 2.45) is 5.41 Å². The van der Waals surface area contributed by atoms with Crippen molar-refractivity contribution in [3.63, 3.8) is 0 Å². The Hall–Kier alpha value is -0.930. The number of ether oxygens (including phenoxy) is 1. The van der Waals surface area contributed by atoms with E-state index in [4.69, 9.17) is 4.74 Å². The van der Waals surface area contributed by atoms with Gasteiger partial charge in [0.05, 0.1) is 11.7 Å². The molecule has 118 valence electrons. The van der Waals surface area contributed by atoms with Crippen molar-refractivity contribution in [2.75, 3.05) is 7.11 Å². The maximum atomic E-state index is 13.2. The second-order valence-electron chi connectivity index (χ2n) is 7.22. The van der Waals surface area contributed by atoms with Crippen LogP contribution in [0, 0.1) is 18.2 Å². The number of rotatable bonds is 4. The highest BCUT2D eigenvalue weighted by atomic mass is 19.1. The van der Waals surface area contributed by atoms with E-state index in [1.54, 1.807) is 13.2 Å². The average molecular weight is 294 g/mol. The van der Waals surface area contributed by atoms with Gasteiger partial charge in [0.15, 0.2) is 0 Å². The molecular formula is C18H27FO2. The van der Waals surface area contributed by atoms with E-state index in [-0.39, 0.29) is 5.82 Å². The van der Waals surface area contributed by atoms with E-state index in [9.17, 15) is 9.50 Å². The van der Waals surface area contributed by atoms with Crippen LogP contribution in [0.2, 0.25) is 0 Å². The summed E-state index contributed by atoms with van der Waals surface area (Å²) in [6, 6.07) is 4.74. The van der Waals surface area contributed by atoms with E-state index in [1.807, 2.05) is 6.92 Å². The highest BCUT2D eigenvalue weighted by Gasteiger charge is 2.43. The maximum Gasteiger partial charge on any atom is 0.123 e. The first-order chi connectivity index (χ1) is 9.78. The molecule has 1 aliphatic rings. The second-order valence-corrected chi connectivity index (χ2v) is 7.22. The molecule has 1 aromatic carbocycles. The summed E-state index contributed by atoms with van der Waals surface area (Å²) >= 11 is 0. The van der Waals surface area contributed by atoms with Crippen LogP contribution < -0.4 is 0 Å². The molecule has 0 aromatic heterocycles. The predicted octanol–water partition coefficient (Wildman–Crippen LogP) is 4.02. The van der Waals surface area contributed by atoms with Gasteiger partial charge in [-0.1, -0.05) is 19.9 Å². The summed E-state index contributed by atoms with van der Waals surface area (Å²) in [5, 5.41) is 10.7. The first-order valence-corrected chi connectivity index (χ1v) is 7.76. The highest BCUT2D eigenvalue weighted by molar-refractivity contribution is 5.27. The summed E-state index contributed by atoms with van der Waals surface area (Å²) in [7, 11) is 1.69. The monoisotopic (exact) mass is 294 g/mol. The van der Waals surface area contributed by atoms with Crippen molar-refractivity contribution in [1.82, 2.24) is 0 Å². The minimum atomic E-state index is -0.553. The molecule has 1 saturated carbocycles. The van der Waals surface area contributed by atoms with Crippen molar-refractivity contribution in [1.29, 1.82) is 0 Å². The topological polar surface area (TPSA) is 29.5 Å². The number of hydrogen-bond acceptors (Lipinski definition) is 2. The van der Waals surface area contributed by atoms with E-state index in [2.05, 4.69) is 13.8 Å². The quantitative estimate of drug-likeness (QED) is 0.908. The third-order valence-corrected chi connectivity index (χ3v) is 5.18. The number of aliphatic hydroxyl groups excluding tert-OH is 1. The molecule has 1 aromatic rings. The summed E-state index contributed by atoms with van der Waals surface area (Å²) in [5.41, 5.74) is 1.74. The number of methoxy groups -OCH3 is 1. The van der Waals surface area contributed by atoms with Crippen molar-refractivity contribution >= 4 is 0 Å². The van der Waals surface area contributed by atoms with E-state index in [0.29, 0.717) is 11.8 Å². The molecular weight excluding hydrogens is 267 g/mol. The van der Waals surface area contributed by atoms with Crippen LogP contribution in [0.3, 0.4) is 0 Å². The van der Waals surface area contributed by atoms with Crippen molar-refractivity contribution < 1.29 is 14.2 Å². The first kappa shape index (κ1) is 16.4. The predicted molar refractivity (Wildman–Crippen MR) is 82.8 cm³/mol. The zero-order valence-corrected chi connectivity index (χ0v) is 13.6. The fourth-order valence-corrected chi connectivity index (χ4v) is 3.31. The largest absolute Gasteiger partial charge is 0.390 e. The molecule has 1 atom stereocenters. The van der Waals surface area contributed by atoms with Crippen molar-refractivity contribution in [3.8, 4) is 0 Å². The Bertz CT molecular complexity index is 486. The lowest BCUT2D eigenvalue weighted by atomic mass is 9.68. The molecule has 0 heterocycles. The Kier molecular flexibility index (Phi) is 4.74. The summed E-state index contributed by atoms with van der Waals surface area (Å²) in [4.78, 5) is 0. The molecule has 0 radical (unpaired) electrons. The second kappa shape index (κ2) is 6.05. The lowest BCUT2D eigenvalue weighted by Crippen LogP contribution is -2.49. The Morgan fingerprint density at radius 3 is 2.38 bits per heavy atom. The van der Waals surface area contributed by atoms with Crippen LogP contribution in [0.4, 0.5) is 4.39 Å². The van der Waals surface area contributed by atoms with Crippen LogP contribution in [0.25, 0.3) is 0 Å². The van der Waals surface area contributed by atoms with Gasteiger partial charge in [-0.05, 0) is 61.3 Å². The number of aliphatic hydroxyl groups is 1. The SMILES string of the molecule is COC1(C(O)Cc2ccc(F)cc2C)CCC(C)(C)CC1. The molecule has 0 aliphatic heterocycles. The Balaban J connectivity index is 2.12. The van der Waals surface area contributed by atoms with Gasteiger partial charge in [0.2, 0.25) is 0 Å². The maximum absolute atomic E-state index is 13.2. The molecule has 1 fully saturated rings. The van der Waals surface area contributed by atoms with Crippen LogP contribution in [0.5, 0.6) is 0 Å². The number of hydrogen-bond donors (Lipinski definition) is 1. The smallest absolute Gasteiger partial charge is 0.123 e. The van der Waals surface area contributed by atoms with Crippen molar-refractivity contribution in [2.45, 2.75) is 64.6 Å². The minimum absolute atomic E-state index is 0.230. The van der Waals surface area contributed by atoms with E-state index >= 15 is 0 Å². The van der Waals surface area contributed by atoms with Crippen LogP contribution >= 0.6 is 0 Å². The van der Waals surface area contributed by atoms with Crippen LogP contribution in [0.15, 0.2) is 18.2 Å². The molecule has 0 spiro atoms. The molecule has 2 rings (SSSR count). The summed E-state index contributed by atoms with van der Waals surface area (Å²) in [5.74, 6) is -0.230. The zero-order chi connectivity index (χ0) is 15.7. The van der Waals surface area contributed by atoms with Gasteiger partial charge in [-0.2, -0.15) is 0 Å². The Morgan fingerprint density at radius 2 is 1.86 bits per heavy atom. The molecule has 0 saturated heterocycles. The van der Waals surface area contributed by atoms with Gasteiger partial charge in [-0.15, -0.1) is 0 Å². The lowest BCUT2D eigenvalue weighted by molar-refractivity contribution is -0.135. The minimum Gasteiger partial charge on any atom is -0.390 e. The summed E-state index contributed by atoms with van der Waals surface area (Å²) in [6.45, 7) is 6.42. The number of aryl methyl sites for hydroxylation is 1. The van der Waals surface area contributed by atoms with Gasteiger partial charge >= 0.3 is 0 Å². The van der Waals surface area contributed by atoms with E-state index in [0.717, 1.165) is 36.8 Å².